The van der Waals surface area contributed by atoms with Crippen LogP contribution in [0.5, 0.6) is 0 Å². The number of hydrogen-bond acceptors (Lipinski definition) is 5. The number of aromatic nitrogens is 4. The van der Waals surface area contributed by atoms with E-state index in [0.717, 1.165) is 30.3 Å². The molecule has 1 atom stereocenters. The molecule has 2 aromatic heterocycles. The summed E-state index contributed by atoms with van der Waals surface area (Å²) in [4.78, 5) is 25.9. The van der Waals surface area contributed by atoms with Crippen LogP contribution in [0.15, 0.2) is 58.5 Å². The Hall–Kier alpha value is -3.13. The summed E-state index contributed by atoms with van der Waals surface area (Å²) < 4.78 is 3.61. The van der Waals surface area contributed by atoms with Gasteiger partial charge in [-0.1, -0.05) is 73.5 Å². The van der Waals surface area contributed by atoms with E-state index < -0.39 is 0 Å². The molecule has 8 heteroatoms. The van der Waals surface area contributed by atoms with Gasteiger partial charge in [0, 0.05) is 13.1 Å². The number of para-hydroxylation sites is 1. The van der Waals surface area contributed by atoms with Gasteiger partial charge in [-0.05, 0) is 38.0 Å². The minimum atomic E-state index is -0.373. The van der Waals surface area contributed by atoms with Gasteiger partial charge in [-0.2, -0.15) is 0 Å². The Balaban J connectivity index is 1.60. The first-order chi connectivity index (χ1) is 16.0. The highest BCUT2D eigenvalue weighted by atomic mass is 32.2. The first-order valence-corrected chi connectivity index (χ1v) is 12.2. The molecule has 0 bridgehead atoms. The van der Waals surface area contributed by atoms with Gasteiger partial charge in [-0.25, -0.2) is 0 Å². The summed E-state index contributed by atoms with van der Waals surface area (Å²) in [6.45, 7) is 7.10. The molecule has 0 spiro atoms. The number of rotatable bonds is 9. The van der Waals surface area contributed by atoms with Crippen molar-refractivity contribution in [2.75, 3.05) is 0 Å². The van der Waals surface area contributed by atoms with Crippen molar-refractivity contribution in [1.82, 2.24) is 24.5 Å². The SMILES string of the molecule is CCCCCn1c(=O)c2ccccc2n2c(SC(C)C(=O)NCc3ccc(C)cc3)nnc12. The highest BCUT2D eigenvalue weighted by Crippen LogP contribution is 2.25. The fourth-order valence-electron chi connectivity index (χ4n) is 3.78. The third-order valence-corrected chi connectivity index (χ3v) is 6.74. The minimum absolute atomic E-state index is 0.0537. The fraction of sp³-hybridized carbons (Fsp3) is 0.360. The molecule has 7 nitrogen and oxygen atoms in total. The quantitative estimate of drug-likeness (QED) is 0.295. The monoisotopic (exact) mass is 463 g/mol. The third-order valence-electron chi connectivity index (χ3n) is 5.70. The second kappa shape index (κ2) is 10.2. The molecular formula is C25H29N5O2S. The van der Waals surface area contributed by atoms with Gasteiger partial charge in [0.2, 0.25) is 11.7 Å². The van der Waals surface area contributed by atoms with Gasteiger partial charge in [0.1, 0.15) is 0 Å². The zero-order chi connectivity index (χ0) is 23.4. The molecule has 1 unspecified atom stereocenters. The number of aryl methyl sites for hydroxylation is 2. The van der Waals surface area contributed by atoms with E-state index in [1.807, 2.05) is 66.8 Å². The Kier molecular flexibility index (Phi) is 7.13. The summed E-state index contributed by atoms with van der Waals surface area (Å²) in [7, 11) is 0. The molecule has 0 radical (unpaired) electrons. The van der Waals surface area contributed by atoms with E-state index in [1.54, 1.807) is 4.57 Å². The van der Waals surface area contributed by atoms with Gasteiger partial charge in [0.05, 0.1) is 16.2 Å². The Morgan fingerprint density at radius 2 is 1.85 bits per heavy atom. The van der Waals surface area contributed by atoms with Crippen LogP contribution in [0.2, 0.25) is 0 Å². The van der Waals surface area contributed by atoms with E-state index in [9.17, 15) is 9.59 Å². The van der Waals surface area contributed by atoms with E-state index in [-0.39, 0.29) is 16.7 Å². The van der Waals surface area contributed by atoms with Crippen molar-refractivity contribution in [3.8, 4) is 0 Å². The Morgan fingerprint density at radius 1 is 1.09 bits per heavy atom. The molecule has 2 aromatic carbocycles. The number of thioether (sulfide) groups is 1. The molecule has 2 heterocycles. The zero-order valence-electron chi connectivity index (χ0n) is 19.2. The molecule has 0 saturated carbocycles. The van der Waals surface area contributed by atoms with Gasteiger partial charge in [0.25, 0.3) is 5.56 Å². The molecule has 0 aliphatic heterocycles. The Morgan fingerprint density at radius 3 is 2.61 bits per heavy atom. The van der Waals surface area contributed by atoms with Crippen LogP contribution < -0.4 is 10.9 Å². The molecule has 0 fully saturated rings. The van der Waals surface area contributed by atoms with Crippen molar-refractivity contribution in [2.45, 2.75) is 63.5 Å². The number of nitrogens with one attached hydrogen (secondary N) is 1. The second-order valence-electron chi connectivity index (χ2n) is 8.26. The van der Waals surface area contributed by atoms with Crippen LogP contribution in [0, 0.1) is 6.92 Å². The lowest BCUT2D eigenvalue weighted by Crippen LogP contribution is -2.30. The summed E-state index contributed by atoms with van der Waals surface area (Å²) >= 11 is 1.35. The summed E-state index contributed by atoms with van der Waals surface area (Å²) in [5.41, 5.74) is 2.94. The molecule has 0 aliphatic carbocycles. The van der Waals surface area contributed by atoms with E-state index in [4.69, 9.17) is 0 Å². The number of fused-ring (bicyclic) bond motifs is 3. The molecule has 0 aliphatic rings. The first kappa shape index (κ1) is 23.0. The van der Waals surface area contributed by atoms with Crippen molar-refractivity contribution in [1.29, 1.82) is 0 Å². The standard InChI is InChI=1S/C25H29N5O2S/c1-4-5-8-15-29-23(32)20-9-6-7-10-21(20)30-24(29)27-28-25(30)33-18(3)22(31)26-16-19-13-11-17(2)12-14-19/h6-7,9-14,18H,4-5,8,15-16H2,1-3H3,(H,26,31). The van der Waals surface area contributed by atoms with Gasteiger partial charge in [-0.15, -0.1) is 10.2 Å². The second-order valence-corrected chi connectivity index (χ2v) is 9.57. The topological polar surface area (TPSA) is 81.3 Å². The molecule has 33 heavy (non-hydrogen) atoms. The highest BCUT2D eigenvalue weighted by molar-refractivity contribution is 8.00. The van der Waals surface area contributed by atoms with Crippen LogP contribution in [0.25, 0.3) is 16.7 Å². The summed E-state index contributed by atoms with van der Waals surface area (Å²) in [6, 6.07) is 15.6. The molecule has 1 N–H and O–H groups in total. The smallest absolute Gasteiger partial charge is 0.262 e. The normalized spacial score (nSPS) is 12.3. The van der Waals surface area contributed by atoms with Crippen molar-refractivity contribution in [2.24, 2.45) is 0 Å². The average Bonchev–Trinajstić information content (AvgIpc) is 3.24. The van der Waals surface area contributed by atoms with E-state index in [2.05, 4.69) is 22.4 Å². The predicted molar refractivity (Wildman–Crippen MR) is 133 cm³/mol. The van der Waals surface area contributed by atoms with Crippen LogP contribution >= 0.6 is 11.8 Å². The molecule has 4 rings (SSSR count). The first-order valence-electron chi connectivity index (χ1n) is 11.4. The van der Waals surface area contributed by atoms with Gasteiger partial charge in [0.15, 0.2) is 5.16 Å². The van der Waals surface area contributed by atoms with Crippen LogP contribution in [0.3, 0.4) is 0 Å². The van der Waals surface area contributed by atoms with Crippen molar-refractivity contribution in [3.63, 3.8) is 0 Å². The fourth-order valence-corrected chi connectivity index (χ4v) is 4.66. The van der Waals surface area contributed by atoms with E-state index in [0.29, 0.717) is 29.4 Å². The van der Waals surface area contributed by atoms with Crippen molar-refractivity contribution in [3.05, 3.63) is 70.0 Å². The number of benzene rings is 2. The Labute approximate surface area is 197 Å². The lowest BCUT2D eigenvalue weighted by molar-refractivity contribution is -0.120. The lowest BCUT2D eigenvalue weighted by Gasteiger charge is -2.13. The largest absolute Gasteiger partial charge is 0.351 e. The predicted octanol–water partition coefficient (Wildman–Crippen LogP) is 4.34. The maximum absolute atomic E-state index is 13.1. The van der Waals surface area contributed by atoms with Crippen molar-refractivity contribution >= 4 is 34.3 Å². The van der Waals surface area contributed by atoms with Gasteiger partial charge in [-0.3, -0.25) is 18.6 Å². The lowest BCUT2D eigenvalue weighted by atomic mass is 10.1. The maximum atomic E-state index is 13.1. The van der Waals surface area contributed by atoms with E-state index in [1.165, 1.54) is 17.3 Å². The molecule has 4 aromatic rings. The molecule has 0 saturated heterocycles. The number of carbonyl (C=O) groups is 1. The minimum Gasteiger partial charge on any atom is -0.351 e. The zero-order valence-corrected chi connectivity index (χ0v) is 20.1. The highest BCUT2D eigenvalue weighted by Gasteiger charge is 2.21. The summed E-state index contributed by atoms with van der Waals surface area (Å²) in [5.74, 6) is 0.447. The number of unbranched alkanes of at least 4 members (excludes halogenated alkanes) is 2. The average molecular weight is 464 g/mol. The summed E-state index contributed by atoms with van der Waals surface area (Å²) in [5, 5.41) is 12.6. The van der Waals surface area contributed by atoms with Gasteiger partial charge >= 0.3 is 0 Å². The number of hydrogen-bond donors (Lipinski definition) is 1. The van der Waals surface area contributed by atoms with E-state index >= 15 is 0 Å². The molecular weight excluding hydrogens is 434 g/mol. The van der Waals surface area contributed by atoms with Crippen LogP contribution in [-0.4, -0.2) is 30.3 Å². The number of amides is 1. The van der Waals surface area contributed by atoms with Crippen LogP contribution in [0.1, 0.15) is 44.2 Å². The summed E-state index contributed by atoms with van der Waals surface area (Å²) in [6.07, 6.45) is 3.01. The van der Waals surface area contributed by atoms with Crippen molar-refractivity contribution < 1.29 is 4.79 Å². The van der Waals surface area contributed by atoms with Crippen LogP contribution in [0.4, 0.5) is 0 Å². The third kappa shape index (κ3) is 4.95. The molecule has 1 amide bonds. The molecule has 172 valence electrons. The number of nitrogens with zero attached hydrogens (tertiary/aromatic N) is 4. The van der Waals surface area contributed by atoms with Crippen LogP contribution in [-0.2, 0) is 17.9 Å². The Bertz CT molecular complexity index is 1330. The number of carbonyl (C=O) groups excluding carboxylic acids is 1. The maximum Gasteiger partial charge on any atom is 0.262 e. The van der Waals surface area contributed by atoms with Gasteiger partial charge < -0.3 is 5.32 Å².